The van der Waals surface area contributed by atoms with Gasteiger partial charge in [-0.25, -0.2) is 0 Å². The predicted molar refractivity (Wildman–Crippen MR) is 330 cm³/mol. The summed E-state index contributed by atoms with van der Waals surface area (Å²) in [7, 11) is 0. The molecule has 0 spiro atoms. The summed E-state index contributed by atoms with van der Waals surface area (Å²) in [6.07, 6.45) is 84.6. The number of rotatable bonds is 59. The van der Waals surface area contributed by atoms with Crippen LogP contribution in [0.1, 0.15) is 323 Å². The smallest absolute Gasteiger partial charge is 0.306 e. The van der Waals surface area contributed by atoms with Crippen LogP contribution in [0.5, 0.6) is 0 Å². The highest BCUT2D eigenvalue weighted by Crippen LogP contribution is 2.17. The Balaban J connectivity index is 4.40. The van der Waals surface area contributed by atoms with Crippen molar-refractivity contribution in [3.8, 4) is 0 Å². The number of ether oxygens (including phenoxy) is 3. The molecule has 6 nitrogen and oxygen atoms in total. The minimum atomic E-state index is -0.798. The second-order valence-corrected chi connectivity index (χ2v) is 21.7. The van der Waals surface area contributed by atoms with E-state index in [1.165, 1.54) is 186 Å². The molecule has 0 aliphatic heterocycles. The lowest BCUT2D eigenvalue weighted by molar-refractivity contribution is -0.167. The summed E-state index contributed by atoms with van der Waals surface area (Å²) in [5, 5.41) is 0. The van der Waals surface area contributed by atoms with Gasteiger partial charge in [-0.2, -0.15) is 0 Å². The number of hydrogen-bond donors (Lipinski definition) is 0. The van der Waals surface area contributed by atoms with E-state index in [1.807, 2.05) is 0 Å². The van der Waals surface area contributed by atoms with Crippen LogP contribution < -0.4 is 0 Å². The summed E-state index contributed by atoms with van der Waals surface area (Å²) >= 11 is 0. The number of allylic oxidation sites excluding steroid dienone is 14. The molecule has 0 radical (unpaired) electrons. The van der Waals surface area contributed by atoms with Crippen LogP contribution >= 0.6 is 0 Å². The monoisotopic (exact) mass is 1060 g/mol. The first-order valence-corrected chi connectivity index (χ1v) is 32.6. The van der Waals surface area contributed by atoms with E-state index < -0.39 is 6.10 Å². The van der Waals surface area contributed by atoms with Crippen LogP contribution in [0, 0.1) is 0 Å². The SMILES string of the molecule is CC/C=C\C/C=C\C/C=C\C/C=C\C/C=C\C/C=C\C/C=C\CCCC(=O)OCC(COC(=O)CCCCCCCCCCCCCCC)OC(=O)CCCCCCCCCCCCCCCCCCCCCCCC. The zero-order chi connectivity index (χ0) is 55.0. The fourth-order valence-corrected chi connectivity index (χ4v) is 9.32. The topological polar surface area (TPSA) is 78.9 Å². The lowest BCUT2D eigenvalue weighted by atomic mass is 10.0. The summed E-state index contributed by atoms with van der Waals surface area (Å²) in [5.74, 6) is -0.936. The van der Waals surface area contributed by atoms with E-state index in [9.17, 15) is 14.4 Å². The van der Waals surface area contributed by atoms with Gasteiger partial charge in [-0.15, -0.1) is 0 Å². The van der Waals surface area contributed by atoms with Crippen molar-refractivity contribution in [2.75, 3.05) is 13.2 Å². The van der Waals surface area contributed by atoms with Gasteiger partial charge < -0.3 is 14.2 Å². The van der Waals surface area contributed by atoms with E-state index in [-0.39, 0.29) is 37.5 Å². The summed E-state index contributed by atoms with van der Waals surface area (Å²) in [5.41, 5.74) is 0. The van der Waals surface area contributed by atoms with Crippen molar-refractivity contribution >= 4 is 17.9 Å². The quantitative estimate of drug-likeness (QED) is 0.0261. The van der Waals surface area contributed by atoms with E-state index in [4.69, 9.17) is 14.2 Å². The molecular formula is C70H122O6. The van der Waals surface area contributed by atoms with Gasteiger partial charge in [0.25, 0.3) is 0 Å². The third-order valence-corrected chi connectivity index (χ3v) is 14.2. The maximum Gasteiger partial charge on any atom is 0.306 e. The standard InChI is InChI=1S/C70H122O6/c1-4-7-10-13-16-19-22-25-27-29-31-33-35-37-38-40-42-45-48-51-54-57-60-63-69(72)75-66-67(65-74-68(71)62-59-56-53-50-47-44-24-21-18-15-12-9-6-3)76-70(73)64-61-58-55-52-49-46-43-41-39-36-34-32-30-28-26-23-20-17-14-11-8-5-2/h7,10,16,19,25,27,31,33,37-38,42,45,51,54,67H,4-6,8-9,11-15,17-18,20-24,26,28-30,32,34-36,39-41,43-44,46-50,52-53,55-66H2,1-3H3/b10-7-,19-16-,27-25-,33-31-,38-37-,45-42-,54-51-. The number of carbonyl (C=O) groups excluding carboxylic acids is 3. The Labute approximate surface area is 471 Å². The fraction of sp³-hybridized carbons (Fsp3) is 0.757. The Morgan fingerprint density at radius 2 is 0.513 bits per heavy atom. The maximum absolute atomic E-state index is 12.9. The van der Waals surface area contributed by atoms with Gasteiger partial charge in [0.1, 0.15) is 13.2 Å². The molecule has 0 heterocycles. The minimum absolute atomic E-state index is 0.0903. The first-order valence-electron chi connectivity index (χ1n) is 32.6. The van der Waals surface area contributed by atoms with Gasteiger partial charge in [-0.1, -0.05) is 318 Å². The second-order valence-electron chi connectivity index (χ2n) is 21.7. The van der Waals surface area contributed by atoms with E-state index in [0.717, 1.165) is 89.9 Å². The average Bonchev–Trinajstić information content (AvgIpc) is 3.42. The Kier molecular flexibility index (Phi) is 61.2. The highest BCUT2D eigenvalue weighted by atomic mass is 16.6. The molecule has 0 bridgehead atoms. The van der Waals surface area contributed by atoms with Crippen LogP contribution in [0.2, 0.25) is 0 Å². The van der Waals surface area contributed by atoms with Crippen LogP contribution in [-0.2, 0) is 28.6 Å². The average molecular weight is 1060 g/mol. The third-order valence-electron chi connectivity index (χ3n) is 14.2. The second kappa shape index (κ2) is 64.1. The van der Waals surface area contributed by atoms with Crippen LogP contribution in [0.4, 0.5) is 0 Å². The Morgan fingerprint density at radius 1 is 0.276 bits per heavy atom. The maximum atomic E-state index is 12.9. The van der Waals surface area contributed by atoms with Crippen molar-refractivity contribution in [1.29, 1.82) is 0 Å². The molecule has 0 aliphatic carbocycles. The predicted octanol–water partition coefficient (Wildman–Crippen LogP) is 22.3. The highest BCUT2D eigenvalue weighted by molar-refractivity contribution is 5.71. The molecule has 0 aromatic rings. The highest BCUT2D eigenvalue weighted by Gasteiger charge is 2.19. The van der Waals surface area contributed by atoms with Crippen LogP contribution in [0.25, 0.3) is 0 Å². The first-order chi connectivity index (χ1) is 37.5. The summed E-state index contributed by atoms with van der Waals surface area (Å²) in [4.78, 5) is 38.3. The van der Waals surface area contributed by atoms with Crippen molar-refractivity contribution in [3.63, 3.8) is 0 Å². The van der Waals surface area contributed by atoms with Crippen molar-refractivity contribution in [3.05, 3.63) is 85.1 Å². The molecule has 76 heavy (non-hydrogen) atoms. The molecule has 438 valence electrons. The molecule has 1 atom stereocenters. The summed E-state index contributed by atoms with van der Waals surface area (Å²) in [6, 6.07) is 0. The van der Waals surface area contributed by atoms with Crippen molar-refractivity contribution < 1.29 is 28.6 Å². The summed E-state index contributed by atoms with van der Waals surface area (Å²) in [6.45, 7) is 6.52. The van der Waals surface area contributed by atoms with E-state index in [0.29, 0.717) is 19.3 Å². The van der Waals surface area contributed by atoms with Gasteiger partial charge in [-0.3, -0.25) is 14.4 Å². The lowest BCUT2D eigenvalue weighted by Gasteiger charge is -2.18. The van der Waals surface area contributed by atoms with Gasteiger partial charge in [0.05, 0.1) is 0 Å². The molecule has 0 saturated heterocycles. The zero-order valence-electron chi connectivity index (χ0n) is 50.3. The molecule has 0 amide bonds. The van der Waals surface area contributed by atoms with E-state index in [1.54, 1.807) is 0 Å². The van der Waals surface area contributed by atoms with Crippen molar-refractivity contribution in [1.82, 2.24) is 0 Å². The molecule has 6 heteroatoms. The lowest BCUT2D eigenvalue weighted by Crippen LogP contribution is -2.30. The number of esters is 3. The molecule has 0 aliphatic rings. The van der Waals surface area contributed by atoms with Gasteiger partial charge in [0.15, 0.2) is 6.10 Å². The fourth-order valence-electron chi connectivity index (χ4n) is 9.32. The molecule has 0 saturated carbocycles. The Bertz CT molecular complexity index is 1450. The van der Waals surface area contributed by atoms with Crippen molar-refractivity contribution in [2.45, 2.75) is 329 Å². The van der Waals surface area contributed by atoms with Crippen molar-refractivity contribution in [2.24, 2.45) is 0 Å². The third kappa shape index (κ3) is 61.4. The van der Waals surface area contributed by atoms with Crippen LogP contribution in [0.3, 0.4) is 0 Å². The molecular weight excluding hydrogens is 937 g/mol. The first kappa shape index (κ1) is 72.6. The van der Waals surface area contributed by atoms with Gasteiger partial charge >= 0.3 is 17.9 Å². The largest absolute Gasteiger partial charge is 0.462 e. The van der Waals surface area contributed by atoms with Gasteiger partial charge in [-0.05, 0) is 70.6 Å². The molecule has 0 fully saturated rings. The molecule has 1 unspecified atom stereocenters. The van der Waals surface area contributed by atoms with Crippen LogP contribution in [-0.4, -0.2) is 37.2 Å². The van der Waals surface area contributed by atoms with Gasteiger partial charge in [0, 0.05) is 19.3 Å². The molecule has 0 N–H and O–H groups in total. The number of unbranched alkanes of at least 4 members (excludes halogenated alkanes) is 34. The molecule has 0 aromatic carbocycles. The number of hydrogen-bond acceptors (Lipinski definition) is 6. The van der Waals surface area contributed by atoms with Gasteiger partial charge in [0.2, 0.25) is 0 Å². The van der Waals surface area contributed by atoms with E-state index in [2.05, 4.69) is 106 Å². The zero-order valence-corrected chi connectivity index (χ0v) is 50.3. The molecule has 0 rings (SSSR count). The normalized spacial score (nSPS) is 12.6. The van der Waals surface area contributed by atoms with Crippen LogP contribution in [0.15, 0.2) is 85.1 Å². The summed E-state index contributed by atoms with van der Waals surface area (Å²) < 4.78 is 16.9. The number of carbonyl (C=O) groups is 3. The van der Waals surface area contributed by atoms with E-state index >= 15 is 0 Å². The molecule has 0 aromatic heterocycles. The Morgan fingerprint density at radius 3 is 0.803 bits per heavy atom. The Hall–Kier alpha value is -3.41. The minimum Gasteiger partial charge on any atom is -0.462 e.